The van der Waals surface area contributed by atoms with Gasteiger partial charge < -0.3 is 15.2 Å². The molecule has 3 heterocycles. The van der Waals surface area contributed by atoms with Gasteiger partial charge in [0, 0.05) is 19.2 Å². The van der Waals surface area contributed by atoms with Crippen LogP contribution in [0.15, 0.2) is 21.8 Å². The van der Waals surface area contributed by atoms with Gasteiger partial charge in [0.05, 0.1) is 12.6 Å². The first kappa shape index (κ1) is 17.7. The Morgan fingerprint density at radius 1 is 1.52 bits per heavy atom. The summed E-state index contributed by atoms with van der Waals surface area (Å²) in [5.74, 6) is 2.55. The summed E-state index contributed by atoms with van der Waals surface area (Å²) < 4.78 is 6.81. The van der Waals surface area contributed by atoms with Crippen LogP contribution in [0.3, 0.4) is 0 Å². The number of hydrogen-bond acceptors (Lipinski definition) is 5. The Balaban J connectivity index is 0.00000192. The molecule has 0 bridgehead atoms. The summed E-state index contributed by atoms with van der Waals surface area (Å²) in [5, 5.41) is 15.0. The molecule has 0 fully saturated rings. The van der Waals surface area contributed by atoms with Crippen molar-refractivity contribution in [1.29, 1.82) is 0 Å². The van der Waals surface area contributed by atoms with Crippen molar-refractivity contribution < 1.29 is 4.52 Å². The fourth-order valence-corrected chi connectivity index (χ4v) is 2.57. The molecule has 8 nitrogen and oxygen atoms in total. The summed E-state index contributed by atoms with van der Waals surface area (Å²) >= 11 is 0. The highest BCUT2D eigenvalue weighted by Crippen LogP contribution is 2.22. The van der Waals surface area contributed by atoms with Crippen LogP contribution in [-0.4, -0.2) is 32.4 Å². The molecule has 0 saturated heterocycles. The molecule has 2 N–H and O–H groups in total. The van der Waals surface area contributed by atoms with Crippen molar-refractivity contribution in [2.24, 2.45) is 4.99 Å². The molecule has 23 heavy (non-hydrogen) atoms. The van der Waals surface area contributed by atoms with Crippen LogP contribution in [0.1, 0.15) is 43.1 Å². The lowest BCUT2D eigenvalue weighted by molar-refractivity contribution is 0.397. The van der Waals surface area contributed by atoms with Gasteiger partial charge in [0.2, 0.25) is 0 Å². The number of fused-ring (bicyclic) bond motifs is 1. The number of guanidine groups is 1. The van der Waals surface area contributed by atoms with Crippen LogP contribution in [0.5, 0.6) is 0 Å². The van der Waals surface area contributed by atoms with Crippen LogP contribution >= 0.6 is 24.0 Å². The van der Waals surface area contributed by atoms with E-state index in [9.17, 15) is 0 Å². The van der Waals surface area contributed by atoms with E-state index in [1.54, 1.807) is 6.26 Å². The maximum Gasteiger partial charge on any atom is 0.192 e. The minimum atomic E-state index is 0. The van der Waals surface area contributed by atoms with Crippen molar-refractivity contribution in [3.05, 3.63) is 29.7 Å². The predicted octanol–water partition coefficient (Wildman–Crippen LogP) is 1.78. The van der Waals surface area contributed by atoms with E-state index in [2.05, 4.69) is 30.9 Å². The molecule has 1 aliphatic heterocycles. The highest BCUT2D eigenvalue weighted by Gasteiger charge is 2.24. The second-order valence-corrected chi connectivity index (χ2v) is 5.27. The summed E-state index contributed by atoms with van der Waals surface area (Å²) in [6.07, 6.45) is 3.65. The Morgan fingerprint density at radius 2 is 2.39 bits per heavy atom. The largest absolute Gasteiger partial charge is 0.364 e. The van der Waals surface area contributed by atoms with E-state index in [0.29, 0.717) is 6.54 Å². The second kappa shape index (κ2) is 8.27. The lowest BCUT2D eigenvalue weighted by Gasteiger charge is -2.24. The Bertz CT molecular complexity index is 638. The van der Waals surface area contributed by atoms with Crippen LogP contribution in [-0.2, 0) is 13.1 Å². The summed E-state index contributed by atoms with van der Waals surface area (Å²) in [4.78, 5) is 9.08. The molecule has 9 heteroatoms. The minimum absolute atomic E-state index is 0. The number of hydrogen-bond donors (Lipinski definition) is 2. The maximum atomic E-state index is 4.82. The molecule has 1 unspecified atom stereocenters. The number of halogens is 1. The molecular formula is C14H22IN7O. The highest BCUT2D eigenvalue weighted by atomic mass is 127. The lowest BCUT2D eigenvalue weighted by atomic mass is 10.1. The normalized spacial score (nSPS) is 17.3. The average Bonchev–Trinajstić information content (AvgIpc) is 3.13. The molecule has 126 valence electrons. The van der Waals surface area contributed by atoms with Crippen LogP contribution in [0.2, 0.25) is 0 Å². The van der Waals surface area contributed by atoms with Gasteiger partial charge in [-0.2, -0.15) is 5.10 Å². The Morgan fingerprint density at radius 3 is 3.13 bits per heavy atom. The minimum Gasteiger partial charge on any atom is -0.364 e. The zero-order valence-corrected chi connectivity index (χ0v) is 15.7. The number of nitrogens with zero attached hydrogens (tertiary/aromatic N) is 5. The quantitative estimate of drug-likeness (QED) is 0.436. The summed E-state index contributed by atoms with van der Waals surface area (Å²) in [6, 6.07) is 1.94. The third-order valence-electron chi connectivity index (χ3n) is 3.53. The van der Waals surface area contributed by atoms with Gasteiger partial charge in [-0.3, -0.25) is 0 Å². The van der Waals surface area contributed by atoms with Crippen LogP contribution < -0.4 is 10.6 Å². The molecule has 0 saturated carbocycles. The Hall–Kier alpha value is -1.65. The molecule has 2 aromatic heterocycles. The number of nitrogens with one attached hydrogen (secondary N) is 2. The SMILES string of the molecule is CCNC(=NCc1ccon1)NC1CCCn2nc(C)nc21.I. The molecule has 0 aromatic carbocycles. The first-order valence-corrected chi connectivity index (χ1v) is 7.61. The van der Waals surface area contributed by atoms with Gasteiger partial charge in [-0.15, -0.1) is 24.0 Å². The molecule has 0 amide bonds. The molecule has 2 aromatic rings. The van der Waals surface area contributed by atoms with E-state index < -0.39 is 0 Å². The van der Waals surface area contributed by atoms with E-state index in [1.165, 1.54) is 0 Å². The molecule has 3 rings (SSSR count). The Kier molecular flexibility index (Phi) is 6.37. The fourth-order valence-electron chi connectivity index (χ4n) is 2.57. The van der Waals surface area contributed by atoms with E-state index in [-0.39, 0.29) is 30.0 Å². The van der Waals surface area contributed by atoms with Crippen molar-refractivity contribution >= 4 is 29.9 Å². The van der Waals surface area contributed by atoms with Gasteiger partial charge in [-0.25, -0.2) is 14.7 Å². The maximum absolute atomic E-state index is 4.82. The summed E-state index contributed by atoms with van der Waals surface area (Å²) in [6.45, 7) is 6.17. The van der Waals surface area contributed by atoms with Gasteiger partial charge in [0.1, 0.15) is 23.6 Å². The average molecular weight is 431 g/mol. The number of aryl methyl sites for hydroxylation is 2. The third kappa shape index (κ3) is 4.43. The second-order valence-electron chi connectivity index (χ2n) is 5.27. The molecule has 0 spiro atoms. The molecular weight excluding hydrogens is 409 g/mol. The van der Waals surface area contributed by atoms with Gasteiger partial charge in [-0.1, -0.05) is 5.16 Å². The van der Waals surface area contributed by atoms with Crippen molar-refractivity contribution in [3.8, 4) is 0 Å². The first-order chi connectivity index (χ1) is 10.8. The molecule has 0 aliphatic carbocycles. The van der Waals surface area contributed by atoms with Gasteiger partial charge in [0.15, 0.2) is 5.96 Å². The van der Waals surface area contributed by atoms with Crippen molar-refractivity contribution in [3.63, 3.8) is 0 Å². The zero-order chi connectivity index (χ0) is 15.4. The van der Waals surface area contributed by atoms with E-state index in [4.69, 9.17) is 4.52 Å². The smallest absolute Gasteiger partial charge is 0.192 e. The van der Waals surface area contributed by atoms with Gasteiger partial charge >= 0.3 is 0 Å². The number of rotatable bonds is 4. The zero-order valence-electron chi connectivity index (χ0n) is 13.3. The van der Waals surface area contributed by atoms with E-state index >= 15 is 0 Å². The standard InChI is InChI=1S/C14H21N7O.HI/c1-3-15-14(16-9-11-6-8-22-20-11)18-12-5-4-7-21-13(12)17-10(2)19-21;/h6,8,12H,3-5,7,9H2,1-2H3,(H2,15,16,18);1H. The van der Waals surface area contributed by atoms with Crippen LogP contribution in [0, 0.1) is 6.92 Å². The number of aromatic nitrogens is 4. The van der Waals surface area contributed by atoms with E-state index in [1.807, 2.05) is 24.6 Å². The molecule has 0 radical (unpaired) electrons. The van der Waals surface area contributed by atoms with Gasteiger partial charge in [-0.05, 0) is 26.7 Å². The lowest BCUT2D eigenvalue weighted by Crippen LogP contribution is -2.41. The monoisotopic (exact) mass is 431 g/mol. The summed E-state index contributed by atoms with van der Waals surface area (Å²) in [7, 11) is 0. The topological polar surface area (TPSA) is 93.2 Å². The highest BCUT2D eigenvalue weighted by molar-refractivity contribution is 14.0. The molecule has 1 aliphatic rings. The Labute approximate surface area is 152 Å². The number of aliphatic imine (C=N–C) groups is 1. The fraction of sp³-hybridized carbons (Fsp3) is 0.571. The first-order valence-electron chi connectivity index (χ1n) is 7.61. The van der Waals surface area contributed by atoms with Crippen LogP contribution in [0.4, 0.5) is 0 Å². The third-order valence-corrected chi connectivity index (χ3v) is 3.53. The molecule has 1 atom stereocenters. The summed E-state index contributed by atoms with van der Waals surface area (Å²) in [5.41, 5.74) is 0.805. The van der Waals surface area contributed by atoms with E-state index in [0.717, 1.165) is 49.2 Å². The van der Waals surface area contributed by atoms with Crippen molar-refractivity contribution in [1.82, 2.24) is 30.6 Å². The predicted molar refractivity (Wildman–Crippen MR) is 96.6 cm³/mol. The van der Waals surface area contributed by atoms with Crippen LogP contribution in [0.25, 0.3) is 0 Å². The van der Waals surface area contributed by atoms with Gasteiger partial charge in [0.25, 0.3) is 0 Å². The van der Waals surface area contributed by atoms with Crippen molar-refractivity contribution in [2.45, 2.75) is 45.8 Å². The van der Waals surface area contributed by atoms with Crippen molar-refractivity contribution in [2.75, 3.05) is 6.54 Å².